The molecule has 0 aliphatic carbocycles. The maximum atomic E-state index is 6.75. The molecule has 0 amide bonds. The van der Waals surface area contributed by atoms with E-state index in [2.05, 4.69) is 83.1 Å². The maximum Gasteiger partial charge on any atom is 0.640 e. The average Bonchev–Trinajstić information content (AvgIpc) is 2.80. The van der Waals surface area contributed by atoms with Crippen LogP contribution >= 0.6 is 0 Å². The van der Waals surface area contributed by atoms with E-state index < -0.39 is 7.32 Å². The summed E-state index contributed by atoms with van der Waals surface area (Å²) in [4.78, 5) is 0. The summed E-state index contributed by atoms with van der Waals surface area (Å²) in [6.07, 6.45) is 7.02. The second-order valence-electron chi connectivity index (χ2n) is 10.4. The zero-order valence-electron chi connectivity index (χ0n) is 23.2. The third kappa shape index (κ3) is 10.2. The molecule has 0 heterocycles. The van der Waals surface area contributed by atoms with Crippen LogP contribution in [0.5, 0.6) is 0 Å². The Morgan fingerprint density at radius 3 is 0.677 bits per heavy atom. The summed E-state index contributed by atoms with van der Waals surface area (Å²) >= 11 is 0. The molecule has 0 aromatic carbocycles. The molecule has 31 heavy (non-hydrogen) atoms. The van der Waals surface area contributed by atoms with Crippen molar-refractivity contribution in [3.63, 3.8) is 0 Å². The highest BCUT2D eigenvalue weighted by atomic mass is 16.7. The Morgan fingerprint density at radius 2 is 0.548 bits per heavy atom. The molecule has 6 atom stereocenters. The molecule has 0 saturated carbocycles. The predicted octanol–water partition coefficient (Wildman–Crippen LogP) is 8.40. The zero-order valence-corrected chi connectivity index (χ0v) is 23.2. The molecule has 4 heteroatoms. The Balaban J connectivity index is 5.95. The summed E-state index contributed by atoms with van der Waals surface area (Å²) in [6.45, 7) is 27.3. The van der Waals surface area contributed by atoms with Crippen LogP contribution < -0.4 is 0 Å². The Bertz CT molecular complexity index is 341. The molecule has 3 nitrogen and oxygen atoms in total. The van der Waals surface area contributed by atoms with Crippen LogP contribution in [-0.2, 0) is 14.0 Å². The first-order chi connectivity index (χ1) is 14.6. The molecule has 0 radical (unpaired) electrons. The van der Waals surface area contributed by atoms with Crippen molar-refractivity contribution >= 4 is 7.32 Å². The van der Waals surface area contributed by atoms with Crippen LogP contribution in [0.4, 0.5) is 0 Å². The fourth-order valence-corrected chi connectivity index (χ4v) is 4.36. The van der Waals surface area contributed by atoms with Crippen molar-refractivity contribution in [2.24, 2.45) is 35.5 Å². The zero-order chi connectivity index (χ0) is 24.1. The molecular weight excluding hydrogens is 383 g/mol. The van der Waals surface area contributed by atoms with Gasteiger partial charge in [-0.1, -0.05) is 122 Å². The smallest absolute Gasteiger partial charge is 0.383 e. The van der Waals surface area contributed by atoms with Gasteiger partial charge in [0.1, 0.15) is 0 Å². The number of hydrogen-bond acceptors (Lipinski definition) is 3. The van der Waals surface area contributed by atoms with E-state index >= 15 is 0 Å². The first-order valence-electron chi connectivity index (χ1n) is 13.6. The maximum absolute atomic E-state index is 6.75. The van der Waals surface area contributed by atoms with Crippen LogP contribution in [0.25, 0.3) is 0 Å². The van der Waals surface area contributed by atoms with Crippen LogP contribution in [0.15, 0.2) is 0 Å². The fraction of sp³-hybridized carbons (Fsp3) is 1.00. The molecule has 0 aromatic rings. The Hall–Kier alpha value is -0.0551. The van der Waals surface area contributed by atoms with Crippen molar-refractivity contribution in [2.45, 2.75) is 140 Å². The largest absolute Gasteiger partial charge is 0.640 e. The second-order valence-corrected chi connectivity index (χ2v) is 10.4. The summed E-state index contributed by atoms with van der Waals surface area (Å²) in [6, 6.07) is 0. The van der Waals surface area contributed by atoms with E-state index in [1.807, 2.05) is 0 Å². The standard InChI is InChI=1S/C27H57BO3/c1-13-19(7)25(20(8)14-2)29-28(30-26(21(9)15-3)22(10)16-4)31-27(23(11)17-5)24(12)18-6/h19-27H,13-18H2,1-12H3. The Morgan fingerprint density at radius 1 is 0.387 bits per heavy atom. The lowest BCUT2D eigenvalue weighted by molar-refractivity contribution is -0.0621. The lowest BCUT2D eigenvalue weighted by atomic mass is 9.86. The van der Waals surface area contributed by atoms with Crippen molar-refractivity contribution in [2.75, 3.05) is 0 Å². The van der Waals surface area contributed by atoms with Gasteiger partial charge in [-0.05, 0) is 35.5 Å². The van der Waals surface area contributed by atoms with Gasteiger partial charge in [0.2, 0.25) is 0 Å². The van der Waals surface area contributed by atoms with Crippen molar-refractivity contribution < 1.29 is 14.0 Å². The molecule has 186 valence electrons. The summed E-state index contributed by atoms with van der Waals surface area (Å²) < 4.78 is 20.3. The molecule has 0 rings (SSSR count). The molecule has 0 aliphatic heterocycles. The topological polar surface area (TPSA) is 27.7 Å². The molecular formula is C27H57BO3. The third-order valence-corrected chi connectivity index (χ3v) is 8.03. The minimum atomic E-state index is -0.603. The molecule has 0 N–H and O–H groups in total. The van der Waals surface area contributed by atoms with E-state index in [0.717, 1.165) is 38.5 Å². The van der Waals surface area contributed by atoms with Crippen LogP contribution in [0.1, 0.15) is 122 Å². The first kappa shape index (κ1) is 30.9. The van der Waals surface area contributed by atoms with Gasteiger partial charge < -0.3 is 14.0 Å². The van der Waals surface area contributed by atoms with E-state index in [4.69, 9.17) is 14.0 Å². The van der Waals surface area contributed by atoms with Gasteiger partial charge in [0.25, 0.3) is 0 Å². The molecule has 6 unspecified atom stereocenters. The van der Waals surface area contributed by atoms with Gasteiger partial charge in [0.15, 0.2) is 0 Å². The van der Waals surface area contributed by atoms with Gasteiger partial charge in [-0.2, -0.15) is 0 Å². The molecule has 0 aliphatic rings. The summed E-state index contributed by atoms with van der Waals surface area (Å²) in [5.74, 6) is 2.84. The normalized spacial score (nSPS) is 20.9. The van der Waals surface area contributed by atoms with Gasteiger partial charge in [0, 0.05) is 0 Å². The highest BCUT2D eigenvalue weighted by Crippen LogP contribution is 2.30. The molecule has 0 bridgehead atoms. The van der Waals surface area contributed by atoms with Gasteiger partial charge >= 0.3 is 7.32 Å². The van der Waals surface area contributed by atoms with Gasteiger partial charge in [0.05, 0.1) is 18.3 Å². The van der Waals surface area contributed by atoms with Crippen molar-refractivity contribution in [1.82, 2.24) is 0 Å². The number of hydrogen-bond donors (Lipinski definition) is 0. The van der Waals surface area contributed by atoms with E-state index in [1.165, 1.54) is 0 Å². The number of rotatable bonds is 18. The van der Waals surface area contributed by atoms with E-state index in [1.54, 1.807) is 0 Å². The highest BCUT2D eigenvalue weighted by molar-refractivity contribution is 6.36. The molecule has 0 spiro atoms. The second kappa shape index (κ2) is 16.5. The minimum absolute atomic E-state index is 0.143. The van der Waals surface area contributed by atoms with Gasteiger partial charge in [-0.15, -0.1) is 0 Å². The lowest BCUT2D eigenvalue weighted by Crippen LogP contribution is -2.47. The van der Waals surface area contributed by atoms with Crippen LogP contribution in [-0.4, -0.2) is 25.6 Å². The van der Waals surface area contributed by atoms with Gasteiger partial charge in [-0.25, -0.2) is 0 Å². The van der Waals surface area contributed by atoms with E-state index in [9.17, 15) is 0 Å². The van der Waals surface area contributed by atoms with Crippen molar-refractivity contribution in [1.29, 1.82) is 0 Å². The van der Waals surface area contributed by atoms with Crippen molar-refractivity contribution in [3.8, 4) is 0 Å². The van der Waals surface area contributed by atoms with Crippen molar-refractivity contribution in [3.05, 3.63) is 0 Å². The van der Waals surface area contributed by atoms with Crippen LogP contribution in [0.3, 0.4) is 0 Å². The fourth-order valence-electron chi connectivity index (χ4n) is 4.36. The third-order valence-electron chi connectivity index (χ3n) is 8.03. The lowest BCUT2D eigenvalue weighted by Gasteiger charge is -2.38. The summed E-state index contributed by atoms with van der Waals surface area (Å²) in [5.41, 5.74) is 0. The quantitative estimate of drug-likeness (QED) is 0.200. The molecule has 0 fully saturated rings. The predicted molar refractivity (Wildman–Crippen MR) is 137 cm³/mol. The van der Waals surface area contributed by atoms with E-state index in [0.29, 0.717) is 35.5 Å². The Labute approximate surface area is 196 Å². The van der Waals surface area contributed by atoms with Crippen LogP contribution in [0, 0.1) is 35.5 Å². The highest BCUT2D eigenvalue weighted by Gasteiger charge is 2.39. The minimum Gasteiger partial charge on any atom is -0.383 e. The molecule has 0 saturated heterocycles. The monoisotopic (exact) mass is 440 g/mol. The average molecular weight is 441 g/mol. The first-order valence-corrected chi connectivity index (χ1v) is 13.6. The van der Waals surface area contributed by atoms with E-state index in [-0.39, 0.29) is 18.3 Å². The Kier molecular flexibility index (Phi) is 16.5. The summed E-state index contributed by atoms with van der Waals surface area (Å²) in [7, 11) is -0.603. The SMILES string of the molecule is CCC(C)C(OB(OC(C(C)CC)C(C)CC)OC(C(C)CC)C(C)CC)C(C)CC. The molecule has 0 aromatic heterocycles. The van der Waals surface area contributed by atoms with Gasteiger partial charge in [-0.3, -0.25) is 0 Å². The summed E-state index contributed by atoms with van der Waals surface area (Å²) in [5, 5.41) is 0. The van der Waals surface area contributed by atoms with Crippen LogP contribution in [0.2, 0.25) is 0 Å².